The Morgan fingerprint density at radius 2 is 2.00 bits per heavy atom. The van der Waals surface area contributed by atoms with Gasteiger partial charge in [0, 0.05) is 4.90 Å². The van der Waals surface area contributed by atoms with Crippen molar-refractivity contribution in [3.8, 4) is 0 Å². The van der Waals surface area contributed by atoms with Gasteiger partial charge in [-0.05, 0) is 24.3 Å². The Hall–Kier alpha value is -1.29. The molecule has 0 heterocycles. The number of aromatic carboxylic acids is 1. The van der Waals surface area contributed by atoms with Gasteiger partial charge in [-0.25, -0.2) is 4.79 Å². The molecule has 0 amide bonds. The minimum absolute atomic E-state index is 0.268. The Balaban J connectivity index is 2.85. The summed E-state index contributed by atoms with van der Waals surface area (Å²) in [6.07, 6.45) is 0. The number of thioether (sulfide) groups is 1. The molecular formula is C8H7NO2S. The highest BCUT2D eigenvalue weighted by atomic mass is 32.2. The molecule has 0 aliphatic heterocycles. The number of carboxylic acids is 1. The summed E-state index contributed by atoms with van der Waals surface area (Å²) >= 11 is 1.24. The molecule has 0 saturated carbocycles. The van der Waals surface area contributed by atoms with E-state index in [0.29, 0.717) is 0 Å². The van der Waals surface area contributed by atoms with Crippen LogP contribution in [0.5, 0.6) is 0 Å². The third-order valence-corrected chi connectivity index (χ3v) is 1.96. The molecule has 62 valence electrons. The zero-order valence-corrected chi connectivity index (χ0v) is 6.97. The van der Waals surface area contributed by atoms with Crippen molar-refractivity contribution < 1.29 is 9.90 Å². The van der Waals surface area contributed by atoms with E-state index in [0.717, 1.165) is 4.90 Å². The summed E-state index contributed by atoms with van der Waals surface area (Å²) in [6.45, 7) is 0. The number of hydrogen-bond acceptors (Lipinski definition) is 3. The van der Waals surface area contributed by atoms with Crippen molar-refractivity contribution >= 4 is 23.3 Å². The van der Waals surface area contributed by atoms with Crippen molar-refractivity contribution in [1.29, 1.82) is 5.41 Å². The van der Waals surface area contributed by atoms with E-state index in [-0.39, 0.29) is 5.56 Å². The number of carbonyl (C=O) groups is 1. The van der Waals surface area contributed by atoms with Crippen LogP contribution in [-0.4, -0.2) is 16.6 Å². The predicted molar refractivity (Wildman–Crippen MR) is 48.0 cm³/mol. The standard InChI is InChI=1S/C8H7NO2S/c9-5-12-7-3-1-6(2-4-7)8(10)11/h1-5,9H,(H,10,11). The second kappa shape index (κ2) is 3.92. The maximum atomic E-state index is 10.4. The van der Waals surface area contributed by atoms with Crippen molar-refractivity contribution in [3.05, 3.63) is 29.8 Å². The van der Waals surface area contributed by atoms with Crippen LogP contribution in [0.3, 0.4) is 0 Å². The van der Waals surface area contributed by atoms with Gasteiger partial charge >= 0.3 is 5.97 Å². The van der Waals surface area contributed by atoms with Crippen LogP contribution in [0.1, 0.15) is 10.4 Å². The quantitative estimate of drug-likeness (QED) is 0.426. The van der Waals surface area contributed by atoms with Crippen molar-refractivity contribution in [2.24, 2.45) is 0 Å². The van der Waals surface area contributed by atoms with Crippen LogP contribution >= 0.6 is 11.8 Å². The molecule has 3 nitrogen and oxygen atoms in total. The molecule has 0 aromatic heterocycles. The molecule has 0 spiro atoms. The smallest absolute Gasteiger partial charge is 0.335 e. The molecule has 0 saturated heterocycles. The van der Waals surface area contributed by atoms with Crippen LogP contribution in [0.15, 0.2) is 29.2 Å². The Bertz CT molecular complexity index is 294. The molecule has 0 bridgehead atoms. The second-order valence-electron chi connectivity index (χ2n) is 2.07. The lowest BCUT2D eigenvalue weighted by molar-refractivity contribution is 0.0697. The van der Waals surface area contributed by atoms with Gasteiger partial charge in [-0.3, -0.25) is 0 Å². The minimum atomic E-state index is -0.929. The Morgan fingerprint density at radius 3 is 2.42 bits per heavy atom. The van der Waals surface area contributed by atoms with E-state index in [1.165, 1.54) is 29.4 Å². The molecule has 4 heteroatoms. The third kappa shape index (κ3) is 2.10. The molecule has 1 aromatic carbocycles. The number of nitrogens with one attached hydrogen (secondary N) is 1. The summed E-state index contributed by atoms with van der Waals surface area (Å²) in [4.78, 5) is 11.3. The van der Waals surface area contributed by atoms with E-state index in [4.69, 9.17) is 10.5 Å². The number of carboxylic acid groups (broad SMARTS) is 1. The lowest BCUT2D eigenvalue weighted by Gasteiger charge is -1.95. The molecule has 2 N–H and O–H groups in total. The molecule has 1 aromatic rings. The molecule has 12 heavy (non-hydrogen) atoms. The first kappa shape index (κ1) is 8.80. The Labute approximate surface area is 73.9 Å². The normalized spacial score (nSPS) is 9.33. The van der Waals surface area contributed by atoms with Crippen LogP contribution in [0.25, 0.3) is 0 Å². The van der Waals surface area contributed by atoms with Crippen LogP contribution in [0.4, 0.5) is 0 Å². The summed E-state index contributed by atoms with van der Waals surface area (Å²) < 4.78 is 0. The molecule has 0 aliphatic rings. The van der Waals surface area contributed by atoms with E-state index < -0.39 is 5.97 Å². The zero-order valence-electron chi connectivity index (χ0n) is 6.15. The van der Waals surface area contributed by atoms with E-state index >= 15 is 0 Å². The van der Waals surface area contributed by atoms with Crippen LogP contribution < -0.4 is 0 Å². The zero-order chi connectivity index (χ0) is 8.97. The maximum absolute atomic E-state index is 10.4. The average molecular weight is 181 g/mol. The highest BCUT2D eigenvalue weighted by molar-refractivity contribution is 8.12. The largest absolute Gasteiger partial charge is 0.478 e. The molecular weight excluding hydrogens is 174 g/mol. The van der Waals surface area contributed by atoms with E-state index in [2.05, 4.69) is 0 Å². The number of rotatable bonds is 3. The molecule has 1 rings (SSSR count). The summed E-state index contributed by atoms with van der Waals surface area (Å²) in [5.74, 6) is -0.929. The van der Waals surface area contributed by atoms with Gasteiger partial charge < -0.3 is 10.5 Å². The maximum Gasteiger partial charge on any atom is 0.335 e. The van der Waals surface area contributed by atoms with Crippen molar-refractivity contribution in [1.82, 2.24) is 0 Å². The summed E-state index contributed by atoms with van der Waals surface area (Å²) in [5.41, 5.74) is 1.47. The molecule has 0 atom stereocenters. The molecule has 0 unspecified atom stereocenters. The van der Waals surface area contributed by atoms with Gasteiger partial charge in [-0.2, -0.15) is 0 Å². The lowest BCUT2D eigenvalue weighted by atomic mass is 10.2. The number of benzene rings is 1. The van der Waals surface area contributed by atoms with Crippen LogP contribution in [0.2, 0.25) is 0 Å². The van der Waals surface area contributed by atoms with Gasteiger partial charge in [0.15, 0.2) is 0 Å². The minimum Gasteiger partial charge on any atom is -0.478 e. The first-order valence-electron chi connectivity index (χ1n) is 3.23. The van der Waals surface area contributed by atoms with E-state index in [1.807, 2.05) is 0 Å². The third-order valence-electron chi connectivity index (χ3n) is 1.30. The van der Waals surface area contributed by atoms with Crippen molar-refractivity contribution in [2.45, 2.75) is 4.90 Å². The fourth-order valence-electron chi connectivity index (χ4n) is 0.744. The van der Waals surface area contributed by atoms with Gasteiger partial charge in [0.25, 0.3) is 0 Å². The Morgan fingerprint density at radius 1 is 1.42 bits per heavy atom. The first-order chi connectivity index (χ1) is 5.74. The fourth-order valence-corrected chi connectivity index (χ4v) is 1.17. The van der Waals surface area contributed by atoms with Gasteiger partial charge in [0.2, 0.25) is 0 Å². The topological polar surface area (TPSA) is 61.2 Å². The van der Waals surface area contributed by atoms with Gasteiger partial charge in [-0.1, -0.05) is 11.8 Å². The highest BCUT2D eigenvalue weighted by Gasteiger charge is 2.00. The van der Waals surface area contributed by atoms with Crippen molar-refractivity contribution in [2.75, 3.05) is 0 Å². The van der Waals surface area contributed by atoms with E-state index in [9.17, 15) is 4.79 Å². The van der Waals surface area contributed by atoms with Gasteiger partial charge in [0.1, 0.15) is 0 Å². The first-order valence-corrected chi connectivity index (χ1v) is 4.11. The van der Waals surface area contributed by atoms with Crippen LogP contribution in [0, 0.1) is 5.41 Å². The lowest BCUT2D eigenvalue weighted by Crippen LogP contribution is -1.94. The predicted octanol–water partition coefficient (Wildman–Crippen LogP) is 2.08. The highest BCUT2D eigenvalue weighted by Crippen LogP contribution is 2.15. The fraction of sp³-hybridized carbons (Fsp3) is 0. The second-order valence-corrected chi connectivity index (χ2v) is 3.01. The summed E-state index contributed by atoms with van der Waals surface area (Å²) in [5, 5.41) is 15.4. The molecule has 0 fully saturated rings. The SMILES string of the molecule is N=CSc1ccc(C(=O)O)cc1. The number of hydrogen-bond donors (Lipinski definition) is 2. The average Bonchev–Trinajstić information content (AvgIpc) is 2.06. The molecule has 0 aliphatic carbocycles. The van der Waals surface area contributed by atoms with Crippen molar-refractivity contribution in [3.63, 3.8) is 0 Å². The summed E-state index contributed by atoms with van der Waals surface area (Å²) in [7, 11) is 0. The Kier molecular flexibility index (Phi) is 2.88. The van der Waals surface area contributed by atoms with Gasteiger partial charge in [0.05, 0.1) is 11.1 Å². The summed E-state index contributed by atoms with van der Waals surface area (Å²) in [6, 6.07) is 6.40. The van der Waals surface area contributed by atoms with Gasteiger partial charge in [-0.15, -0.1) is 0 Å². The molecule has 0 radical (unpaired) electrons. The monoisotopic (exact) mass is 181 g/mol. The van der Waals surface area contributed by atoms with E-state index in [1.54, 1.807) is 12.1 Å². The van der Waals surface area contributed by atoms with Crippen LogP contribution in [-0.2, 0) is 0 Å².